The number of aromatic nitrogens is 6. The number of likely N-dealkylation sites (tertiary alicyclic amines) is 1. The van der Waals surface area contributed by atoms with Gasteiger partial charge in [0, 0.05) is 47.6 Å². The number of anilines is 4. The van der Waals surface area contributed by atoms with E-state index in [2.05, 4.69) is 53.8 Å². The highest BCUT2D eigenvalue weighted by atomic mass is 32.1. The maximum absolute atomic E-state index is 10.8. The third kappa shape index (κ3) is 6.90. The van der Waals surface area contributed by atoms with Crippen molar-refractivity contribution in [1.82, 2.24) is 34.8 Å². The van der Waals surface area contributed by atoms with E-state index in [1.807, 2.05) is 41.4 Å². The van der Waals surface area contributed by atoms with Crippen LogP contribution in [0.25, 0.3) is 21.3 Å². The number of benzene rings is 1. The molecule has 3 N–H and O–H groups in total. The van der Waals surface area contributed by atoms with E-state index in [0.29, 0.717) is 23.7 Å². The Morgan fingerprint density at radius 3 is 2.43 bits per heavy atom. The Morgan fingerprint density at radius 2 is 1.66 bits per heavy atom. The Kier molecular flexibility index (Phi) is 9.44. The molecule has 4 aliphatic carbocycles. The third-order valence-corrected chi connectivity index (χ3v) is 15.1. The fraction of sp³-hybridized carbons (Fsp3) is 0.578. The molecule has 0 amide bonds. The van der Waals surface area contributed by atoms with Gasteiger partial charge >= 0.3 is 0 Å². The second kappa shape index (κ2) is 14.3. The van der Waals surface area contributed by atoms with E-state index in [4.69, 9.17) is 24.9 Å². The minimum atomic E-state index is -1.76. The number of aliphatic hydroxyl groups is 2. The van der Waals surface area contributed by atoms with E-state index in [0.717, 1.165) is 95.4 Å². The first-order chi connectivity index (χ1) is 27.9. The van der Waals surface area contributed by atoms with E-state index in [1.54, 1.807) is 11.3 Å². The maximum atomic E-state index is 10.8. The first kappa shape index (κ1) is 38.2. The van der Waals surface area contributed by atoms with Crippen molar-refractivity contribution in [2.45, 2.75) is 117 Å². The summed E-state index contributed by atoms with van der Waals surface area (Å²) in [6.07, 6.45) is 12.9. The van der Waals surface area contributed by atoms with Gasteiger partial charge in [-0.05, 0) is 132 Å². The lowest BCUT2D eigenvalue weighted by molar-refractivity contribution is -0.249. The zero-order chi connectivity index (χ0) is 39.9. The van der Waals surface area contributed by atoms with E-state index < -0.39 is 6.29 Å². The number of aliphatic hydroxyl groups excluding tert-OH is 1. The molecule has 0 radical (unpaired) electrons. The molecule has 4 atom stereocenters. The lowest BCUT2D eigenvalue weighted by atomic mass is 9.39. The number of hydrogen-bond donors (Lipinski definition) is 3. The number of rotatable bonds is 11. The number of fused-ring (bicyclic) bond motifs is 2. The number of nitrogens with zero attached hydrogens (tertiary/aromatic N) is 8. The van der Waals surface area contributed by atoms with E-state index in [1.165, 1.54) is 51.6 Å². The highest BCUT2D eigenvalue weighted by Gasteiger charge is 2.66. The summed E-state index contributed by atoms with van der Waals surface area (Å²) in [5.74, 6) is 2.04. The van der Waals surface area contributed by atoms with Gasteiger partial charge in [-0.15, -0.1) is 10.2 Å². The molecule has 12 nitrogen and oxygen atoms in total. The smallest absolute Gasteiger partial charge is 0.196 e. The van der Waals surface area contributed by atoms with Crippen molar-refractivity contribution in [2.75, 3.05) is 43.0 Å². The topological polar surface area (TPSA) is 138 Å². The molecule has 306 valence electrons. The van der Waals surface area contributed by atoms with Crippen molar-refractivity contribution in [2.24, 2.45) is 16.2 Å². The number of pyridine rings is 1. The quantitative estimate of drug-likeness (QED) is 0.111. The van der Waals surface area contributed by atoms with Crippen LogP contribution in [0.4, 0.5) is 22.6 Å². The number of nitrogens with one attached hydrogen (secondary N) is 1. The Balaban J connectivity index is 0.897. The highest BCUT2D eigenvalue weighted by molar-refractivity contribution is 7.22. The Bertz CT molecular complexity index is 2300. The SMILES string of the molecule is Cc1c(Nc2nc3ccccc3s2)nnc2c1CCCN2c1ccc(-c2cnn(CC34CC5(OCCN6CCCCC6)C[C@](C)(C3)C[C@](C)(C4)C5)c2C)c(C(O)O)n1. The summed E-state index contributed by atoms with van der Waals surface area (Å²) in [7, 11) is 0. The third-order valence-electron chi connectivity index (χ3n) is 14.1. The fourth-order valence-electron chi connectivity index (χ4n) is 12.9. The molecule has 5 aromatic rings. The predicted octanol–water partition coefficient (Wildman–Crippen LogP) is 8.39. The number of ether oxygens (including phenoxy) is 1. The van der Waals surface area contributed by atoms with Gasteiger partial charge < -0.3 is 30.1 Å². The average molecular weight is 804 g/mol. The summed E-state index contributed by atoms with van der Waals surface area (Å²) in [5.41, 5.74) is 6.40. The maximum Gasteiger partial charge on any atom is 0.196 e. The van der Waals surface area contributed by atoms with Crippen LogP contribution in [0.3, 0.4) is 0 Å². The Hall–Kier alpha value is -4.01. The summed E-state index contributed by atoms with van der Waals surface area (Å²) in [6, 6.07) is 12.0. The van der Waals surface area contributed by atoms with Crippen LogP contribution < -0.4 is 10.2 Å². The van der Waals surface area contributed by atoms with Gasteiger partial charge in [-0.25, -0.2) is 9.97 Å². The van der Waals surface area contributed by atoms with Crippen LogP contribution in [0, 0.1) is 30.1 Å². The van der Waals surface area contributed by atoms with Gasteiger partial charge in [-0.1, -0.05) is 43.7 Å². The molecule has 1 saturated heterocycles. The largest absolute Gasteiger partial charge is 0.374 e. The van der Waals surface area contributed by atoms with Gasteiger partial charge in [0.15, 0.2) is 23.1 Å². The number of piperidine rings is 1. The van der Waals surface area contributed by atoms with Gasteiger partial charge in [0.1, 0.15) is 11.5 Å². The normalized spacial score (nSPS) is 28.2. The molecular weight excluding hydrogens is 747 g/mol. The van der Waals surface area contributed by atoms with Gasteiger partial charge in [0.25, 0.3) is 0 Å². The second-order valence-corrected chi connectivity index (χ2v) is 20.3. The first-order valence-corrected chi connectivity index (χ1v) is 22.3. The molecule has 11 rings (SSSR count). The lowest BCUT2D eigenvalue weighted by Gasteiger charge is -2.69. The van der Waals surface area contributed by atoms with Crippen LogP contribution in [-0.4, -0.2) is 83.4 Å². The van der Waals surface area contributed by atoms with Crippen LogP contribution in [0.15, 0.2) is 42.6 Å². The van der Waals surface area contributed by atoms with E-state index in [9.17, 15) is 10.2 Å². The lowest BCUT2D eigenvalue weighted by Crippen LogP contribution is -2.64. The molecule has 5 fully saturated rings. The molecule has 6 heterocycles. The second-order valence-electron chi connectivity index (χ2n) is 19.2. The molecule has 0 spiro atoms. The van der Waals surface area contributed by atoms with Crippen molar-refractivity contribution in [3.05, 3.63) is 65.1 Å². The molecule has 2 aliphatic heterocycles. The number of hydrogen-bond acceptors (Lipinski definition) is 12. The number of para-hydroxylation sites is 1. The van der Waals surface area contributed by atoms with Crippen molar-refractivity contribution < 1.29 is 14.9 Å². The molecule has 2 unspecified atom stereocenters. The van der Waals surface area contributed by atoms with Crippen LogP contribution in [0.2, 0.25) is 0 Å². The standard InChI is InChI=1S/C45H57N9O3S/c1-29-31-11-10-18-53(39(31)51-50-38(29)49-41-47-34-12-6-7-13-35(34)58-41)36-15-14-32(37(48-36)40(55)56)33-21-46-54(30(33)2)28-44-23-42(3)22-43(4,24-44)26-45(25-42,27-44)57-20-19-52-16-8-5-9-17-52/h6-7,12-15,21,40,55-56H,5,8-11,16-20,22-28H2,1-4H3,(H,47,49,50)/t42-,43+,44?,45?. The van der Waals surface area contributed by atoms with Gasteiger partial charge in [0.2, 0.25) is 0 Å². The molecular formula is C45H57N9O3S. The zero-order valence-corrected chi connectivity index (χ0v) is 35.2. The zero-order valence-electron chi connectivity index (χ0n) is 34.4. The van der Waals surface area contributed by atoms with E-state index >= 15 is 0 Å². The molecule has 13 heteroatoms. The fourth-order valence-corrected chi connectivity index (χ4v) is 13.8. The molecule has 58 heavy (non-hydrogen) atoms. The van der Waals surface area contributed by atoms with Gasteiger partial charge in [-0.3, -0.25) is 4.68 Å². The van der Waals surface area contributed by atoms with Crippen LogP contribution in [0.5, 0.6) is 0 Å². The van der Waals surface area contributed by atoms with Gasteiger partial charge in [0.05, 0.1) is 28.6 Å². The first-order valence-electron chi connectivity index (χ1n) is 21.4. The number of thiazole rings is 1. The van der Waals surface area contributed by atoms with Crippen molar-refractivity contribution >= 4 is 44.1 Å². The molecule has 4 saturated carbocycles. The Morgan fingerprint density at radius 1 is 0.862 bits per heavy atom. The van der Waals surface area contributed by atoms with Gasteiger partial charge in [-0.2, -0.15) is 5.10 Å². The summed E-state index contributed by atoms with van der Waals surface area (Å²) in [4.78, 5) is 14.3. The summed E-state index contributed by atoms with van der Waals surface area (Å²) >= 11 is 1.59. The molecule has 6 aliphatic rings. The minimum Gasteiger partial charge on any atom is -0.374 e. The van der Waals surface area contributed by atoms with Crippen LogP contribution in [-0.2, 0) is 17.7 Å². The summed E-state index contributed by atoms with van der Waals surface area (Å²) in [6.45, 7) is 15.0. The predicted molar refractivity (Wildman–Crippen MR) is 228 cm³/mol. The molecule has 4 bridgehead atoms. The highest BCUT2D eigenvalue weighted by Crippen LogP contribution is 2.72. The molecule has 4 aromatic heterocycles. The van der Waals surface area contributed by atoms with Crippen molar-refractivity contribution in [1.29, 1.82) is 0 Å². The van der Waals surface area contributed by atoms with Crippen molar-refractivity contribution in [3.63, 3.8) is 0 Å². The minimum absolute atomic E-state index is 0.0731. The monoisotopic (exact) mass is 803 g/mol. The average Bonchev–Trinajstić information content (AvgIpc) is 3.76. The Labute approximate surface area is 345 Å². The van der Waals surface area contributed by atoms with Crippen LogP contribution >= 0.6 is 11.3 Å². The van der Waals surface area contributed by atoms with Crippen LogP contribution in [0.1, 0.15) is 107 Å². The summed E-state index contributed by atoms with van der Waals surface area (Å²) < 4.78 is 10.4. The molecule has 1 aromatic carbocycles. The summed E-state index contributed by atoms with van der Waals surface area (Å²) in [5, 5.41) is 40.1. The van der Waals surface area contributed by atoms with Crippen molar-refractivity contribution in [3.8, 4) is 11.1 Å². The van der Waals surface area contributed by atoms with E-state index in [-0.39, 0.29) is 27.5 Å².